The lowest BCUT2D eigenvalue weighted by Crippen LogP contribution is -2.30. The number of hydrogen-bond donors (Lipinski definition) is 0. The van der Waals surface area contributed by atoms with Crippen molar-refractivity contribution in [3.05, 3.63) is 59.7 Å². The van der Waals surface area contributed by atoms with Gasteiger partial charge >= 0.3 is 0 Å². The van der Waals surface area contributed by atoms with Crippen molar-refractivity contribution in [3.8, 4) is 0 Å². The number of fused-ring (bicyclic) bond motifs is 1. The first-order valence-corrected chi connectivity index (χ1v) is 10.2. The van der Waals surface area contributed by atoms with Crippen molar-refractivity contribution in [1.82, 2.24) is 0 Å². The van der Waals surface area contributed by atoms with E-state index < -0.39 is 10.0 Å². The minimum absolute atomic E-state index is 0.0568. The van der Waals surface area contributed by atoms with Gasteiger partial charge in [-0.1, -0.05) is 36.4 Å². The molecule has 5 heteroatoms. The fourth-order valence-electron chi connectivity index (χ4n) is 3.66. The lowest BCUT2D eigenvalue weighted by molar-refractivity contribution is 0.591. The summed E-state index contributed by atoms with van der Waals surface area (Å²) < 4.78 is 27.4. The molecule has 2 aliphatic rings. The monoisotopic (exact) mass is 342 g/mol. The van der Waals surface area contributed by atoms with Crippen LogP contribution in [-0.2, 0) is 22.2 Å². The number of nitrogens with zero attached hydrogens (tertiary/aromatic N) is 2. The Hall–Kier alpha value is -2.01. The molecular formula is C19H22N2O2S. The molecule has 0 bridgehead atoms. The number of anilines is 2. The number of benzene rings is 2. The molecule has 24 heavy (non-hydrogen) atoms. The van der Waals surface area contributed by atoms with Crippen LogP contribution in [0.5, 0.6) is 0 Å². The van der Waals surface area contributed by atoms with E-state index in [1.165, 1.54) is 12.8 Å². The summed E-state index contributed by atoms with van der Waals surface area (Å²) in [5.41, 5.74) is 3.99. The standard InChI is InChI=1S/C19H22N2O2S/c22-24(23,15-16-6-2-1-3-7-16)21-13-10-17-8-9-18(14-19(17)21)20-11-4-5-12-20/h1-3,6-9,14H,4-5,10-13,15H2. The van der Waals surface area contributed by atoms with E-state index in [1.54, 1.807) is 4.31 Å². The van der Waals surface area contributed by atoms with E-state index in [0.717, 1.165) is 42.0 Å². The zero-order valence-corrected chi connectivity index (χ0v) is 14.5. The molecule has 0 radical (unpaired) electrons. The zero-order chi connectivity index (χ0) is 16.6. The molecule has 4 nitrogen and oxygen atoms in total. The number of hydrogen-bond acceptors (Lipinski definition) is 3. The molecule has 0 amide bonds. The van der Waals surface area contributed by atoms with Crippen LogP contribution in [0.25, 0.3) is 0 Å². The lowest BCUT2D eigenvalue weighted by atomic mass is 10.1. The van der Waals surface area contributed by atoms with Gasteiger partial charge in [-0.05, 0) is 42.5 Å². The Labute approximate surface area is 143 Å². The molecule has 2 aromatic rings. The van der Waals surface area contributed by atoms with E-state index in [2.05, 4.69) is 23.1 Å². The molecule has 0 unspecified atom stereocenters. The third-order valence-electron chi connectivity index (χ3n) is 4.92. The van der Waals surface area contributed by atoms with Crippen molar-refractivity contribution < 1.29 is 8.42 Å². The van der Waals surface area contributed by atoms with Crippen LogP contribution in [0.4, 0.5) is 11.4 Å². The summed E-state index contributed by atoms with van der Waals surface area (Å²) in [6, 6.07) is 15.7. The summed E-state index contributed by atoms with van der Waals surface area (Å²) in [7, 11) is -3.35. The Morgan fingerprint density at radius 1 is 0.917 bits per heavy atom. The molecule has 1 saturated heterocycles. The van der Waals surface area contributed by atoms with E-state index in [-0.39, 0.29) is 5.75 Å². The average molecular weight is 342 g/mol. The van der Waals surface area contributed by atoms with Crippen LogP contribution in [0.1, 0.15) is 24.0 Å². The number of sulfonamides is 1. The van der Waals surface area contributed by atoms with Crippen molar-refractivity contribution in [3.63, 3.8) is 0 Å². The summed E-state index contributed by atoms with van der Waals surface area (Å²) in [6.07, 6.45) is 3.23. The van der Waals surface area contributed by atoms with Gasteiger partial charge in [0.15, 0.2) is 0 Å². The van der Waals surface area contributed by atoms with Gasteiger partial charge in [0.1, 0.15) is 0 Å². The van der Waals surface area contributed by atoms with Crippen LogP contribution >= 0.6 is 0 Å². The van der Waals surface area contributed by atoms with Crippen LogP contribution in [0.3, 0.4) is 0 Å². The first-order chi connectivity index (χ1) is 11.6. The van der Waals surface area contributed by atoms with Crippen molar-refractivity contribution in [1.29, 1.82) is 0 Å². The maximum Gasteiger partial charge on any atom is 0.239 e. The molecule has 2 aromatic carbocycles. The maximum atomic E-state index is 12.9. The van der Waals surface area contributed by atoms with Crippen molar-refractivity contribution in [2.24, 2.45) is 0 Å². The van der Waals surface area contributed by atoms with Gasteiger partial charge in [0.05, 0.1) is 11.4 Å². The summed E-state index contributed by atoms with van der Waals surface area (Å²) in [5, 5.41) is 0. The van der Waals surface area contributed by atoms with Crippen molar-refractivity contribution in [2.45, 2.75) is 25.0 Å². The van der Waals surface area contributed by atoms with Gasteiger partial charge < -0.3 is 4.90 Å². The van der Waals surface area contributed by atoms with E-state index in [0.29, 0.717) is 6.54 Å². The van der Waals surface area contributed by atoms with Crippen LogP contribution in [-0.4, -0.2) is 28.1 Å². The Morgan fingerprint density at radius 2 is 1.67 bits per heavy atom. The van der Waals surface area contributed by atoms with Gasteiger partial charge in [-0.25, -0.2) is 8.42 Å². The smallest absolute Gasteiger partial charge is 0.239 e. The summed E-state index contributed by atoms with van der Waals surface area (Å²) in [5.74, 6) is 0.0568. The third-order valence-corrected chi connectivity index (χ3v) is 6.67. The molecule has 0 atom stereocenters. The van der Waals surface area contributed by atoms with Crippen LogP contribution < -0.4 is 9.21 Å². The first kappa shape index (κ1) is 15.5. The Bertz CT molecular complexity index is 828. The summed E-state index contributed by atoms with van der Waals surface area (Å²) in [4.78, 5) is 2.35. The van der Waals surface area contributed by atoms with Crippen LogP contribution in [0.2, 0.25) is 0 Å². The van der Waals surface area contributed by atoms with Crippen molar-refractivity contribution >= 4 is 21.4 Å². The van der Waals surface area contributed by atoms with Crippen LogP contribution in [0, 0.1) is 0 Å². The molecular weight excluding hydrogens is 320 g/mol. The van der Waals surface area contributed by atoms with E-state index in [9.17, 15) is 8.42 Å². The van der Waals surface area contributed by atoms with E-state index in [4.69, 9.17) is 0 Å². The quantitative estimate of drug-likeness (QED) is 0.857. The van der Waals surface area contributed by atoms with E-state index >= 15 is 0 Å². The largest absolute Gasteiger partial charge is 0.371 e. The Kier molecular flexibility index (Phi) is 3.96. The topological polar surface area (TPSA) is 40.6 Å². The van der Waals surface area contributed by atoms with Crippen molar-refractivity contribution in [2.75, 3.05) is 28.8 Å². The molecule has 0 N–H and O–H groups in total. The number of rotatable bonds is 4. The molecule has 2 heterocycles. The minimum Gasteiger partial charge on any atom is -0.371 e. The second-order valence-corrected chi connectivity index (χ2v) is 8.46. The molecule has 1 fully saturated rings. The van der Waals surface area contributed by atoms with Gasteiger partial charge in [-0.2, -0.15) is 0 Å². The summed E-state index contributed by atoms with van der Waals surface area (Å²) in [6.45, 7) is 2.68. The van der Waals surface area contributed by atoms with Gasteiger partial charge in [0.2, 0.25) is 10.0 Å². The Balaban J connectivity index is 1.63. The predicted molar refractivity (Wildman–Crippen MR) is 98.0 cm³/mol. The van der Waals surface area contributed by atoms with Gasteiger partial charge in [0, 0.05) is 25.3 Å². The molecule has 4 rings (SSSR count). The normalized spacial score (nSPS) is 17.3. The molecule has 0 spiro atoms. The zero-order valence-electron chi connectivity index (χ0n) is 13.7. The molecule has 0 saturated carbocycles. The first-order valence-electron chi connectivity index (χ1n) is 8.56. The van der Waals surface area contributed by atoms with Gasteiger partial charge in [-0.3, -0.25) is 4.31 Å². The second-order valence-electron chi connectivity index (χ2n) is 6.57. The highest BCUT2D eigenvalue weighted by Crippen LogP contribution is 2.35. The highest BCUT2D eigenvalue weighted by molar-refractivity contribution is 7.92. The SMILES string of the molecule is O=S(=O)(Cc1ccccc1)N1CCc2ccc(N3CCCC3)cc21. The fraction of sp³-hybridized carbons (Fsp3) is 0.368. The van der Waals surface area contributed by atoms with Gasteiger partial charge in [-0.15, -0.1) is 0 Å². The summed E-state index contributed by atoms with van der Waals surface area (Å²) >= 11 is 0. The van der Waals surface area contributed by atoms with Crippen LogP contribution in [0.15, 0.2) is 48.5 Å². The maximum absolute atomic E-state index is 12.9. The molecule has 126 valence electrons. The highest BCUT2D eigenvalue weighted by atomic mass is 32.2. The molecule has 2 aliphatic heterocycles. The third kappa shape index (κ3) is 2.88. The minimum atomic E-state index is -3.35. The lowest BCUT2D eigenvalue weighted by Gasteiger charge is -2.23. The van der Waals surface area contributed by atoms with E-state index in [1.807, 2.05) is 30.3 Å². The fourth-order valence-corrected chi connectivity index (χ4v) is 5.27. The molecule has 0 aromatic heterocycles. The second kappa shape index (κ2) is 6.13. The predicted octanol–water partition coefficient (Wildman–Crippen LogP) is 3.18. The Morgan fingerprint density at radius 3 is 2.42 bits per heavy atom. The highest BCUT2D eigenvalue weighted by Gasteiger charge is 2.30. The average Bonchev–Trinajstić information content (AvgIpc) is 3.24. The molecule has 0 aliphatic carbocycles. The van der Waals surface area contributed by atoms with Gasteiger partial charge in [0.25, 0.3) is 0 Å².